The molecular weight excluding hydrogens is 329 g/mol. The molecule has 8 heteroatoms. The number of alkyl halides is 3. The number of hydrogen-bond donors (Lipinski definition) is 1. The average Bonchev–Trinajstić information content (AvgIpc) is 3.05. The molecule has 0 radical (unpaired) electrons. The zero-order valence-corrected chi connectivity index (χ0v) is 13.5. The highest BCUT2D eigenvalue weighted by molar-refractivity contribution is 7.10. The first kappa shape index (κ1) is 17.8. The van der Waals surface area contributed by atoms with Gasteiger partial charge in [-0.15, -0.1) is 11.3 Å². The Balaban J connectivity index is 1.75. The van der Waals surface area contributed by atoms with E-state index >= 15 is 0 Å². The van der Waals surface area contributed by atoms with Crippen LogP contribution in [0.15, 0.2) is 17.5 Å². The van der Waals surface area contributed by atoms with Crippen molar-refractivity contribution in [2.24, 2.45) is 5.92 Å². The van der Waals surface area contributed by atoms with E-state index in [1.165, 1.54) is 11.3 Å². The van der Waals surface area contributed by atoms with Crippen molar-refractivity contribution in [3.05, 3.63) is 22.4 Å². The molecule has 1 aliphatic rings. The molecule has 2 rings (SSSR count). The van der Waals surface area contributed by atoms with E-state index in [0.29, 0.717) is 19.4 Å². The zero-order valence-electron chi connectivity index (χ0n) is 12.7. The molecule has 2 amide bonds. The molecule has 1 saturated heterocycles. The Bertz CT molecular complexity index is 537. The van der Waals surface area contributed by atoms with Gasteiger partial charge in [-0.3, -0.25) is 9.59 Å². The standard InChI is InChI=1S/C15H19F3N2O2S/c1-10(12-3-2-8-23-12)13(21)19-9-11-4-6-20(7-5-11)14(22)15(16,17)18/h2-3,8,10-11H,4-7,9H2,1H3,(H,19,21)/t10-/m0/s1. The van der Waals surface area contributed by atoms with Crippen LogP contribution in [0.4, 0.5) is 13.2 Å². The predicted molar refractivity (Wildman–Crippen MR) is 81.1 cm³/mol. The molecule has 1 aliphatic heterocycles. The summed E-state index contributed by atoms with van der Waals surface area (Å²) in [5.41, 5.74) is 0. The number of nitrogens with one attached hydrogen (secondary N) is 1. The second kappa shape index (κ2) is 7.33. The van der Waals surface area contributed by atoms with Gasteiger partial charge in [-0.2, -0.15) is 13.2 Å². The topological polar surface area (TPSA) is 49.4 Å². The Morgan fingerprint density at radius 1 is 1.39 bits per heavy atom. The molecule has 1 aromatic rings. The van der Waals surface area contributed by atoms with E-state index < -0.39 is 12.1 Å². The van der Waals surface area contributed by atoms with Gasteiger partial charge in [0.2, 0.25) is 5.91 Å². The Hall–Kier alpha value is -1.57. The highest BCUT2D eigenvalue weighted by Crippen LogP contribution is 2.24. The van der Waals surface area contributed by atoms with Crippen molar-refractivity contribution in [1.82, 2.24) is 10.2 Å². The van der Waals surface area contributed by atoms with Gasteiger partial charge in [0, 0.05) is 24.5 Å². The fourth-order valence-electron chi connectivity index (χ4n) is 2.58. The van der Waals surface area contributed by atoms with E-state index in [2.05, 4.69) is 5.32 Å². The Morgan fingerprint density at radius 3 is 2.57 bits per heavy atom. The third-order valence-corrected chi connectivity index (χ3v) is 5.13. The molecule has 1 aromatic heterocycles. The minimum absolute atomic E-state index is 0.0822. The van der Waals surface area contributed by atoms with Crippen molar-refractivity contribution >= 4 is 23.2 Å². The summed E-state index contributed by atoms with van der Waals surface area (Å²) in [6, 6.07) is 3.79. The van der Waals surface area contributed by atoms with Crippen LogP contribution < -0.4 is 5.32 Å². The summed E-state index contributed by atoms with van der Waals surface area (Å²) >= 11 is 1.52. The van der Waals surface area contributed by atoms with Crippen molar-refractivity contribution in [2.45, 2.75) is 31.9 Å². The average molecular weight is 348 g/mol. The van der Waals surface area contributed by atoms with Crippen LogP contribution in [0.2, 0.25) is 0 Å². The third kappa shape index (κ3) is 4.70. The Labute approximate surface area is 136 Å². The van der Waals surface area contributed by atoms with Gasteiger partial charge in [-0.25, -0.2) is 0 Å². The van der Waals surface area contributed by atoms with Crippen LogP contribution in [0.5, 0.6) is 0 Å². The van der Waals surface area contributed by atoms with Gasteiger partial charge < -0.3 is 10.2 Å². The minimum Gasteiger partial charge on any atom is -0.355 e. The summed E-state index contributed by atoms with van der Waals surface area (Å²) in [5.74, 6) is -1.98. The lowest BCUT2D eigenvalue weighted by atomic mass is 9.96. The molecule has 0 unspecified atom stereocenters. The summed E-state index contributed by atoms with van der Waals surface area (Å²) in [6.45, 7) is 2.42. The van der Waals surface area contributed by atoms with Crippen LogP contribution in [0.3, 0.4) is 0 Å². The van der Waals surface area contributed by atoms with Crippen molar-refractivity contribution in [2.75, 3.05) is 19.6 Å². The van der Waals surface area contributed by atoms with Crippen LogP contribution in [0.25, 0.3) is 0 Å². The van der Waals surface area contributed by atoms with E-state index in [0.717, 1.165) is 9.78 Å². The molecular formula is C15H19F3N2O2S. The van der Waals surface area contributed by atoms with Crippen LogP contribution in [0, 0.1) is 5.92 Å². The normalized spacial score (nSPS) is 17.8. The van der Waals surface area contributed by atoms with Gasteiger partial charge in [-0.1, -0.05) is 6.07 Å². The second-order valence-electron chi connectivity index (χ2n) is 5.72. The predicted octanol–water partition coefficient (Wildman–Crippen LogP) is 2.77. The SMILES string of the molecule is C[C@H](C(=O)NCC1CCN(C(=O)C(F)(F)F)CC1)c1cccs1. The number of amides is 2. The van der Waals surface area contributed by atoms with Gasteiger partial charge in [0.05, 0.1) is 5.92 Å². The molecule has 0 bridgehead atoms. The lowest BCUT2D eigenvalue weighted by molar-refractivity contribution is -0.186. The quantitative estimate of drug-likeness (QED) is 0.910. The van der Waals surface area contributed by atoms with E-state index in [4.69, 9.17) is 0 Å². The zero-order chi connectivity index (χ0) is 17.0. The fourth-order valence-corrected chi connectivity index (χ4v) is 3.37. The number of carbonyl (C=O) groups is 2. The number of hydrogen-bond acceptors (Lipinski definition) is 3. The summed E-state index contributed by atoms with van der Waals surface area (Å²) in [6.07, 6.45) is -3.87. The highest BCUT2D eigenvalue weighted by Gasteiger charge is 2.43. The van der Waals surface area contributed by atoms with Crippen LogP contribution in [0.1, 0.15) is 30.6 Å². The number of piperidine rings is 1. The minimum atomic E-state index is -4.81. The Morgan fingerprint density at radius 2 is 2.04 bits per heavy atom. The first-order valence-corrected chi connectivity index (χ1v) is 8.34. The molecule has 0 aromatic carbocycles. The Kier molecular flexibility index (Phi) is 5.67. The number of thiophene rings is 1. The van der Waals surface area contributed by atoms with E-state index in [9.17, 15) is 22.8 Å². The molecule has 128 valence electrons. The maximum absolute atomic E-state index is 12.4. The first-order valence-electron chi connectivity index (χ1n) is 7.46. The van der Waals surface area contributed by atoms with Gasteiger partial charge in [-0.05, 0) is 37.1 Å². The summed E-state index contributed by atoms with van der Waals surface area (Å²) < 4.78 is 37.1. The molecule has 1 N–H and O–H groups in total. The molecule has 0 spiro atoms. The van der Waals surface area contributed by atoms with Gasteiger partial charge in [0.25, 0.3) is 0 Å². The maximum atomic E-state index is 12.4. The van der Waals surface area contributed by atoms with Gasteiger partial charge in [0.1, 0.15) is 0 Å². The molecule has 0 aliphatic carbocycles. The molecule has 1 fully saturated rings. The molecule has 4 nitrogen and oxygen atoms in total. The van der Waals surface area contributed by atoms with Crippen molar-refractivity contribution in [3.63, 3.8) is 0 Å². The number of carbonyl (C=O) groups excluding carboxylic acids is 2. The highest BCUT2D eigenvalue weighted by atomic mass is 32.1. The van der Waals surface area contributed by atoms with Crippen LogP contribution in [-0.2, 0) is 9.59 Å². The monoisotopic (exact) mass is 348 g/mol. The second-order valence-corrected chi connectivity index (χ2v) is 6.69. The van der Waals surface area contributed by atoms with Crippen LogP contribution in [-0.4, -0.2) is 42.5 Å². The van der Waals surface area contributed by atoms with Crippen molar-refractivity contribution < 1.29 is 22.8 Å². The third-order valence-electron chi connectivity index (χ3n) is 4.07. The largest absolute Gasteiger partial charge is 0.471 e. The lowest BCUT2D eigenvalue weighted by Crippen LogP contribution is -2.46. The molecule has 23 heavy (non-hydrogen) atoms. The summed E-state index contributed by atoms with van der Waals surface area (Å²) in [7, 11) is 0. The van der Waals surface area contributed by atoms with E-state index in [1.807, 2.05) is 24.4 Å². The molecule has 1 atom stereocenters. The molecule has 2 heterocycles. The van der Waals surface area contributed by atoms with Crippen LogP contribution >= 0.6 is 11.3 Å². The smallest absolute Gasteiger partial charge is 0.355 e. The van der Waals surface area contributed by atoms with Crippen molar-refractivity contribution in [3.8, 4) is 0 Å². The van der Waals surface area contributed by atoms with E-state index in [-0.39, 0.29) is 30.8 Å². The maximum Gasteiger partial charge on any atom is 0.471 e. The first-order chi connectivity index (χ1) is 10.8. The fraction of sp³-hybridized carbons (Fsp3) is 0.600. The number of rotatable bonds is 4. The summed E-state index contributed by atoms with van der Waals surface area (Å²) in [4.78, 5) is 25.0. The number of halogens is 3. The van der Waals surface area contributed by atoms with Crippen molar-refractivity contribution in [1.29, 1.82) is 0 Å². The number of nitrogens with zero attached hydrogens (tertiary/aromatic N) is 1. The lowest BCUT2D eigenvalue weighted by Gasteiger charge is -2.32. The van der Waals surface area contributed by atoms with E-state index in [1.54, 1.807) is 0 Å². The molecule has 0 saturated carbocycles. The number of likely N-dealkylation sites (tertiary alicyclic amines) is 1. The van der Waals surface area contributed by atoms with Gasteiger partial charge in [0.15, 0.2) is 0 Å². The van der Waals surface area contributed by atoms with Gasteiger partial charge >= 0.3 is 12.1 Å². The summed E-state index contributed by atoms with van der Waals surface area (Å²) in [5, 5.41) is 4.77.